The Morgan fingerprint density at radius 3 is 2.73 bits per heavy atom. The van der Waals surface area contributed by atoms with Crippen molar-refractivity contribution in [3.63, 3.8) is 0 Å². The third-order valence-corrected chi connectivity index (χ3v) is 6.01. The van der Waals surface area contributed by atoms with Gasteiger partial charge in [0.25, 0.3) is 0 Å². The fourth-order valence-corrected chi connectivity index (χ4v) is 4.43. The summed E-state index contributed by atoms with van der Waals surface area (Å²) in [6.07, 6.45) is 1.49. The van der Waals surface area contributed by atoms with Gasteiger partial charge >= 0.3 is 0 Å². The number of hydrogen-bond acceptors (Lipinski definition) is 7. The predicted molar refractivity (Wildman–Crippen MR) is 122 cm³/mol. The van der Waals surface area contributed by atoms with Crippen LogP contribution in [0, 0.1) is 5.82 Å². The molecule has 0 bridgehead atoms. The minimum Gasteiger partial charge on any atom is -0.497 e. The van der Waals surface area contributed by atoms with E-state index in [1.54, 1.807) is 10.7 Å². The number of nitrogens with one attached hydrogen (secondary N) is 1. The number of aryl methyl sites for hydroxylation is 1. The summed E-state index contributed by atoms with van der Waals surface area (Å²) in [6, 6.07) is 16.2. The first-order chi connectivity index (χ1) is 16.1. The first-order valence-corrected chi connectivity index (χ1v) is 10.9. The Morgan fingerprint density at radius 1 is 1.12 bits per heavy atom. The van der Waals surface area contributed by atoms with Gasteiger partial charge in [-0.05, 0) is 17.7 Å². The Morgan fingerprint density at radius 2 is 1.97 bits per heavy atom. The number of rotatable bonds is 7. The first kappa shape index (κ1) is 20.8. The third kappa shape index (κ3) is 4.33. The Bertz CT molecular complexity index is 1380. The maximum atomic E-state index is 14.2. The van der Waals surface area contributed by atoms with Crippen molar-refractivity contribution >= 4 is 11.3 Å². The standard InChI is InChI=1S/C23H19FN6O2S/c1-30-18(11-19(29-30)32-12-14-6-4-3-5-7-14)23-27-20(21(33-23)22-25-13-26-28-22)15-8-16(24)10-17(9-15)31-2/h3-11,13H,12H2,1-2H3,(H,25,26,28). The number of benzene rings is 2. The SMILES string of the molecule is COc1cc(F)cc(-c2nc(-c3cc(OCc4ccccc4)nn3C)sc2-c2nc[nH]n2)c1. The topological polar surface area (TPSA) is 90.7 Å². The summed E-state index contributed by atoms with van der Waals surface area (Å²) in [4.78, 5) is 9.77. The molecule has 0 fully saturated rings. The van der Waals surface area contributed by atoms with E-state index in [1.807, 2.05) is 43.4 Å². The maximum Gasteiger partial charge on any atom is 0.233 e. The molecular formula is C23H19FN6O2S. The van der Waals surface area contributed by atoms with E-state index in [1.165, 1.54) is 36.9 Å². The molecule has 5 aromatic rings. The minimum atomic E-state index is -0.419. The van der Waals surface area contributed by atoms with Crippen molar-refractivity contribution in [3.8, 4) is 44.3 Å². The zero-order valence-corrected chi connectivity index (χ0v) is 18.6. The third-order valence-electron chi connectivity index (χ3n) is 4.93. The van der Waals surface area contributed by atoms with E-state index in [0.717, 1.165) is 11.3 Å². The molecule has 0 aliphatic rings. The molecule has 3 heterocycles. The van der Waals surface area contributed by atoms with Gasteiger partial charge in [0.15, 0.2) is 5.82 Å². The van der Waals surface area contributed by atoms with Crippen molar-refractivity contribution in [2.24, 2.45) is 7.05 Å². The average Bonchev–Trinajstić information content (AvgIpc) is 3.57. The van der Waals surface area contributed by atoms with Crippen molar-refractivity contribution < 1.29 is 13.9 Å². The van der Waals surface area contributed by atoms with Crippen LogP contribution in [0.25, 0.3) is 32.7 Å². The lowest BCUT2D eigenvalue weighted by Crippen LogP contribution is -1.97. The zero-order chi connectivity index (χ0) is 22.8. The molecule has 0 atom stereocenters. The summed E-state index contributed by atoms with van der Waals surface area (Å²) in [5, 5.41) is 12.1. The van der Waals surface area contributed by atoms with Gasteiger partial charge in [0.2, 0.25) is 5.88 Å². The average molecular weight is 463 g/mol. The van der Waals surface area contributed by atoms with Crippen LogP contribution in [0.15, 0.2) is 60.9 Å². The molecule has 166 valence electrons. The van der Waals surface area contributed by atoms with Gasteiger partial charge in [0.05, 0.1) is 12.8 Å². The van der Waals surface area contributed by atoms with E-state index >= 15 is 0 Å². The van der Waals surface area contributed by atoms with Crippen molar-refractivity contribution in [1.82, 2.24) is 29.9 Å². The molecule has 0 saturated heterocycles. The van der Waals surface area contributed by atoms with E-state index in [9.17, 15) is 4.39 Å². The molecular weight excluding hydrogens is 443 g/mol. The van der Waals surface area contributed by atoms with Gasteiger partial charge in [-0.25, -0.2) is 14.4 Å². The molecule has 10 heteroatoms. The number of methoxy groups -OCH3 is 1. The van der Waals surface area contributed by atoms with Crippen LogP contribution in [0.4, 0.5) is 4.39 Å². The second-order valence-electron chi connectivity index (χ2n) is 7.16. The van der Waals surface area contributed by atoms with E-state index in [4.69, 9.17) is 14.5 Å². The van der Waals surface area contributed by atoms with E-state index in [2.05, 4.69) is 20.3 Å². The molecule has 1 N–H and O–H groups in total. The minimum absolute atomic E-state index is 0.401. The Labute approximate surface area is 192 Å². The number of H-pyrrole nitrogens is 1. The van der Waals surface area contributed by atoms with Crippen molar-refractivity contribution in [3.05, 3.63) is 72.3 Å². The summed E-state index contributed by atoms with van der Waals surface area (Å²) in [5.41, 5.74) is 2.93. The van der Waals surface area contributed by atoms with Crippen LogP contribution in [0.2, 0.25) is 0 Å². The number of nitrogens with zero attached hydrogens (tertiary/aromatic N) is 5. The molecule has 5 rings (SSSR count). The normalized spacial score (nSPS) is 11.0. The van der Waals surface area contributed by atoms with Crippen LogP contribution in [0.1, 0.15) is 5.56 Å². The van der Waals surface area contributed by atoms with Gasteiger partial charge in [-0.1, -0.05) is 30.3 Å². The Kier molecular flexibility index (Phi) is 5.57. The van der Waals surface area contributed by atoms with Gasteiger partial charge in [-0.3, -0.25) is 9.78 Å². The number of aromatic amines is 1. The molecule has 33 heavy (non-hydrogen) atoms. The lowest BCUT2D eigenvalue weighted by Gasteiger charge is -2.04. The molecule has 0 aliphatic carbocycles. The number of ether oxygens (including phenoxy) is 2. The van der Waals surface area contributed by atoms with E-state index in [0.29, 0.717) is 45.2 Å². The molecule has 8 nitrogen and oxygen atoms in total. The molecule has 0 unspecified atom stereocenters. The molecule has 0 saturated carbocycles. The quantitative estimate of drug-likeness (QED) is 0.376. The highest BCUT2D eigenvalue weighted by atomic mass is 32.1. The largest absolute Gasteiger partial charge is 0.497 e. The Balaban J connectivity index is 1.53. The van der Waals surface area contributed by atoms with E-state index in [-0.39, 0.29) is 0 Å². The van der Waals surface area contributed by atoms with E-state index < -0.39 is 5.82 Å². The fourth-order valence-electron chi connectivity index (χ4n) is 3.36. The van der Waals surface area contributed by atoms with Crippen LogP contribution < -0.4 is 9.47 Å². The summed E-state index contributed by atoms with van der Waals surface area (Å²) in [6.45, 7) is 0.409. The molecule has 0 amide bonds. The van der Waals surface area contributed by atoms with Gasteiger partial charge in [0, 0.05) is 24.7 Å². The van der Waals surface area contributed by atoms with Crippen molar-refractivity contribution in [2.45, 2.75) is 6.61 Å². The lowest BCUT2D eigenvalue weighted by molar-refractivity contribution is 0.291. The molecule has 3 aromatic heterocycles. The summed E-state index contributed by atoms with van der Waals surface area (Å²) >= 11 is 1.39. The lowest BCUT2D eigenvalue weighted by atomic mass is 10.1. The highest BCUT2D eigenvalue weighted by molar-refractivity contribution is 7.18. The number of hydrogen-bond donors (Lipinski definition) is 1. The summed E-state index contributed by atoms with van der Waals surface area (Å²) < 4.78 is 27.0. The first-order valence-electron chi connectivity index (χ1n) is 10.0. The number of thiazole rings is 1. The predicted octanol–water partition coefficient (Wildman–Crippen LogP) is 4.72. The highest BCUT2D eigenvalue weighted by Gasteiger charge is 2.22. The van der Waals surface area contributed by atoms with Crippen LogP contribution in [-0.2, 0) is 13.7 Å². The highest BCUT2D eigenvalue weighted by Crippen LogP contribution is 2.40. The fraction of sp³-hybridized carbons (Fsp3) is 0.130. The molecule has 2 aromatic carbocycles. The molecule has 0 spiro atoms. The molecule has 0 radical (unpaired) electrons. The number of aromatic nitrogens is 6. The Hall–Kier alpha value is -4.05. The summed E-state index contributed by atoms with van der Waals surface area (Å²) in [5.74, 6) is 0.939. The van der Waals surface area contributed by atoms with Gasteiger partial charge in [0.1, 0.15) is 40.1 Å². The van der Waals surface area contributed by atoms with Crippen LogP contribution in [0.5, 0.6) is 11.6 Å². The maximum absolute atomic E-state index is 14.2. The van der Waals surface area contributed by atoms with Crippen LogP contribution in [-0.4, -0.2) is 37.1 Å². The van der Waals surface area contributed by atoms with Crippen LogP contribution in [0.3, 0.4) is 0 Å². The second kappa shape index (κ2) is 8.83. The smallest absolute Gasteiger partial charge is 0.233 e. The van der Waals surface area contributed by atoms with Gasteiger partial charge in [-0.2, -0.15) is 5.10 Å². The monoisotopic (exact) mass is 462 g/mol. The van der Waals surface area contributed by atoms with Crippen molar-refractivity contribution in [2.75, 3.05) is 7.11 Å². The second-order valence-corrected chi connectivity index (χ2v) is 8.16. The van der Waals surface area contributed by atoms with Gasteiger partial charge < -0.3 is 9.47 Å². The van der Waals surface area contributed by atoms with Gasteiger partial charge in [-0.15, -0.1) is 16.4 Å². The summed E-state index contributed by atoms with van der Waals surface area (Å²) in [7, 11) is 3.32. The van der Waals surface area contributed by atoms with Crippen molar-refractivity contribution in [1.29, 1.82) is 0 Å². The van der Waals surface area contributed by atoms with Crippen LogP contribution >= 0.6 is 11.3 Å². The molecule has 0 aliphatic heterocycles. The zero-order valence-electron chi connectivity index (χ0n) is 17.8. The number of halogens is 1.